The van der Waals surface area contributed by atoms with Gasteiger partial charge in [-0.15, -0.1) is 0 Å². The van der Waals surface area contributed by atoms with Gasteiger partial charge in [-0.05, 0) is 147 Å². The predicted molar refractivity (Wildman–Crippen MR) is 316 cm³/mol. The van der Waals surface area contributed by atoms with Gasteiger partial charge in [-0.2, -0.15) is 10.2 Å². The molecular formula is C65H59BrN10. The van der Waals surface area contributed by atoms with E-state index in [1.165, 1.54) is 33.6 Å². The Kier molecular flexibility index (Phi) is 16.4. The van der Waals surface area contributed by atoms with Crippen LogP contribution in [-0.4, -0.2) is 38.7 Å². The summed E-state index contributed by atoms with van der Waals surface area (Å²) < 4.78 is 9.00. The average molecular weight is 1060 g/mol. The maximum Gasteiger partial charge on any atom is 0.0999 e. The van der Waals surface area contributed by atoms with Gasteiger partial charge in [0.15, 0.2) is 0 Å². The Labute approximate surface area is 454 Å². The molecule has 11 heteroatoms. The van der Waals surface area contributed by atoms with Gasteiger partial charge >= 0.3 is 0 Å². The number of aromatic nitrogens is 8. The number of hydrogen-bond acceptors (Lipinski definition) is 6. The van der Waals surface area contributed by atoms with Gasteiger partial charge in [0, 0.05) is 81.2 Å². The Bertz CT molecular complexity index is 3730. The molecule has 0 unspecified atom stereocenters. The van der Waals surface area contributed by atoms with Crippen LogP contribution in [0.3, 0.4) is 0 Å². The lowest BCUT2D eigenvalue weighted by atomic mass is 10.1. The molecule has 0 aliphatic rings. The highest BCUT2D eigenvalue weighted by Gasteiger charge is 2.16. The van der Waals surface area contributed by atoms with E-state index in [9.17, 15) is 0 Å². The molecule has 10 nitrogen and oxygen atoms in total. The Morgan fingerprint density at radius 2 is 0.868 bits per heavy atom. The third-order valence-corrected chi connectivity index (χ3v) is 13.1. The summed E-state index contributed by atoms with van der Waals surface area (Å²) in [5.74, 6) is 0. The van der Waals surface area contributed by atoms with Crippen LogP contribution >= 0.6 is 15.9 Å². The number of aryl methyl sites for hydroxylation is 4. The Balaban J connectivity index is 0.000000156. The summed E-state index contributed by atoms with van der Waals surface area (Å²) in [4.78, 5) is 11.7. The minimum Gasteiger partial charge on any atom is -0.356 e. The summed E-state index contributed by atoms with van der Waals surface area (Å²) in [6.07, 6.45) is 15.4. The Morgan fingerprint density at radius 3 is 1.41 bits per heavy atom. The molecule has 0 bridgehead atoms. The number of para-hydroxylation sites is 4. The van der Waals surface area contributed by atoms with E-state index in [0.717, 1.165) is 66.8 Å². The van der Waals surface area contributed by atoms with Crippen LogP contribution in [0.25, 0.3) is 45.3 Å². The van der Waals surface area contributed by atoms with Crippen molar-refractivity contribution >= 4 is 44.4 Å². The van der Waals surface area contributed by atoms with Crippen molar-refractivity contribution in [2.24, 2.45) is 0 Å². The molecule has 376 valence electrons. The minimum atomic E-state index is 0. The third-order valence-electron chi connectivity index (χ3n) is 12.6. The normalized spacial score (nSPS) is 10.6. The predicted octanol–water partition coefficient (Wildman–Crippen LogP) is 17.0. The van der Waals surface area contributed by atoms with Gasteiger partial charge in [0.05, 0.1) is 46.8 Å². The molecule has 0 saturated heterocycles. The Hall–Kier alpha value is -9.32. The maximum absolute atomic E-state index is 4.77. The molecular weight excluding hydrogens is 1000 g/mol. The zero-order chi connectivity index (χ0) is 51.5. The average Bonchev–Trinajstić information content (AvgIpc) is 4.31. The molecule has 0 aliphatic heterocycles. The van der Waals surface area contributed by atoms with Gasteiger partial charge in [0.2, 0.25) is 0 Å². The van der Waals surface area contributed by atoms with Crippen molar-refractivity contribution in [1.82, 2.24) is 38.7 Å². The summed E-state index contributed by atoms with van der Waals surface area (Å²) in [5, 5.41) is 12.0. The number of halogens is 1. The lowest BCUT2D eigenvalue weighted by Crippen LogP contribution is -2.10. The Morgan fingerprint density at radius 1 is 0.421 bits per heavy atom. The summed E-state index contributed by atoms with van der Waals surface area (Å²) in [5.41, 5.74) is 18.8. The van der Waals surface area contributed by atoms with Gasteiger partial charge < -0.3 is 19.4 Å². The quantitative estimate of drug-likeness (QED) is 0.139. The van der Waals surface area contributed by atoms with E-state index in [1.54, 1.807) is 12.4 Å². The van der Waals surface area contributed by atoms with Crippen LogP contribution in [0.1, 0.15) is 29.7 Å². The van der Waals surface area contributed by atoms with E-state index >= 15 is 0 Å². The van der Waals surface area contributed by atoms with Crippen LogP contribution in [0.4, 0.5) is 28.4 Å². The highest BCUT2D eigenvalue weighted by molar-refractivity contribution is 9.10. The standard InChI is InChI=1S/C32H27N5.C23H21N3.C9H7BrN2.CH4/c1-24-10-6-11-25(2)32(24)35-22-31(33-23-35)26-12-7-16-29(20-26)37(27-13-4-3-5-14-27)30-17-8-15-28(21-30)36-19-9-18-34-36;1-17-8-6-9-18(2)23(17)26-15-22(24-16-26)19-10-7-13-21(14-19)25-20-11-4-3-5-12-20;10-8-3-1-4-9(7-8)12-6-2-5-11-12;/h3-23H,1-2H3;3-16,25H,1-2H3;1-7H;1H4. The van der Waals surface area contributed by atoms with E-state index < -0.39 is 0 Å². The molecule has 0 aliphatic carbocycles. The van der Waals surface area contributed by atoms with Crippen LogP contribution in [0.5, 0.6) is 0 Å². The van der Waals surface area contributed by atoms with Gasteiger partial charge in [-0.25, -0.2) is 19.3 Å². The maximum atomic E-state index is 4.77. The number of anilines is 5. The second-order valence-electron chi connectivity index (χ2n) is 18.0. The lowest BCUT2D eigenvalue weighted by molar-refractivity contribution is 0.880. The van der Waals surface area contributed by atoms with Gasteiger partial charge in [0.25, 0.3) is 0 Å². The lowest BCUT2D eigenvalue weighted by Gasteiger charge is -2.26. The van der Waals surface area contributed by atoms with Crippen LogP contribution in [0.2, 0.25) is 0 Å². The van der Waals surface area contributed by atoms with Crippen molar-refractivity contribution in [2.75, 3.05) is 10.2 Å². The molecule has 0 spiro atoms. The molecule has 4 heterocycles. The molecule has 0 amide bonds. The fourth-order valence-corrected chi connectivity index (χ4v) is 9.51. The highest BCUT2D eigenvalue weighted by Crippen LogP contribution is 2.37. The number of nitrogens with one attached hydrogen (secondary N) is 1. The first-order chi connectivity index (χ1) is 36.7. The number of benzene rings is 8. The van der Waals surface area contributed by atoms with E-state index in [2.05, 4.69) is 236 Å². The third kappa shape index (κ3) is 12.2. The van der Waals surface area contributed by atoms with Gasteiger partial charge in [-0.1, -0.05) is 133 Å². The van der Waals surface area contributed by atoms with Gasteiger partial charge in [-0.3, -0.25) is 0 Å². The summed E-state index contributed by atoms with van der Waals surface area (Å²) in [6, 6.07) is 70.5. The molecule has 8 aromatic carbocycles. The monoisotopic (exact) mass is 1060 g/mol. The first-order valence-corrected chi connectivity index (χ1v) is 25.5. The van der Waals surface area contributed by atoms with Crippen LogP contribution in [0, 0.1) is 27.7 Å². The highest BCUT2D eigenvalue weighted by atomic mass is 79.9. The van der Waals surface area contributed by atoms with Crippen molar-refractivity contribution < 1.29 is 0 Å². The van der Waals surface area contributed by atoms with E-state index in [4.69, 9.17) is 4.98 Å². The molecule has 0 radical (unpaired) electrons. The van der Waals surface area contributed by atoms with Crippen molar-refractivity contribution in [3.05, 3.63) is 283 Å². The largest absolute Gasteiger partial charge is 0.356 e. The van der Waals surface area contributed by atoms with Crippen molar-refractivity contribution in [1.29, 1.82) is 0 Å². The van der Waals surface area contributed by atoms with Crippen molar-refractivity contribution in [2.45, 2.75) is 35.1 Å². The smallest absolute Gasteiger partial charge is 0.0999 e. The molecule has 0 atom stereocenters. The molecule has 1 N–H and O–H groups in total. The van der Waals surface area contributed by atoms with E-state index in [-0.39, 0.29) is 7.43 Å². The minimum absolute atomic E-state index is 0. The SMILES string of the molecule is Brc1cccc(-n2cccn2)c1.C.Cc1cccc(C)c1-n1cnc(-c2cccc(N(c3ccccc3)c3cccc(-n4cccn4)c3)c2)c1.Cc1cccc(C)c1-n1cnc(-c2cccc(Nc3ccccc3)c2)c1. The summed E-state index contributed by atoms with van der Waals surface area (Å²) in [7, 11) is 0. The molecule has 12 aromatic rings. The molecule has 4 aromatic heterocycles. The summed E-state index contributed by atoms with van der Waals surface area (Å²) in [6.45, 7) is 8.54. The van der Waals surface area contributed by atoms with Crippen LogP contribution in [0.15, 0.2) is 261 Å². The fraction of sp³-hybridized carbons (Fsp3) is 0.0769. The number of hydrogen-bond donors (Lipinski definition) is 1. The molecule has 0 saturated carbocycles. The van der Waals surface area contributed by atoms with Crippen LogP contribution in [-0.2, 0) is 0 Å². The van der Waals surface area contributed by atoms with Crippen molar-refractivity contribution in [3.63, 3.8) is 0 Å². The zero-order valence-electron chi connectivity index (χ0n) is 42.2. The first-order valence-electron chi connectivity index (χ1n) is 24.7. The van der Waals surface area contributed by atoms with Crippen LogP contribution < -0.4 is 10.2 Å². The topological polar surface area (TPSA) is 86.6 Å². The molecule has 12 rings (SSSR count). The number of nitrogens with zero attached hydrogens (tertiary/aromatic N) is 9. The number of imidazole rings is 2. The first kappa shape index (κ1) is 51.6. The van der Waals surface area contributed by atoms with E-state index in [0.29, 0.717) is 0 Å². The van der Waals surface area contributed by atoms with E-state index in [1.807, 2.05) is 95.1 Å². The molecule has 0 fully saturated rings. The number of rotatable bonds is 11. The second-order valence-corrected chi connectivity index (χ2v) is 18.9. The van der Waals surface area contributed by atoms with Crippen molar-refractivity contribution in [3.8, 4) is 45.3 Å². The van der Waals surface area contributed by atoms with Gasteiger partial charge in [0.1, 0.15) is 0 Å². The summed E-state index contributed by atoms with van der Waals surface area (Å²) >= 11 is 3.41. The fourth-order valence-electron chi connectivity index (χ4n) is 9.12. The molecule has 76 heavy (non-hydrogen) atoms. The second kappa shape index (κ2) is 24.1. The zero-order valence-corrected chi connectivity index (χ0v) is 43.7.